The van der Waals surface area contributed by atoms with Crippen LogP contribution in [0.5, 0.6) is 28.9 Å². The molecule has 0 spiro atoms. The number of halogens is 1. The summed E-state index contributed by atoms with van der Waals surface area (Å²) in [6, 6.07) is 23.1. The fourth-order valence-electron chi connectivity index (χ4n) is 5.58. The fraction of sp³-hybridized carbons (Fsp3) is 0.216. The average Bonchev–Trinajstić information content (AvgIpc) is 3.15. The summed E-state index contributed by atoms with van der Waals surface area (Å²) in [7, 11) is 0. The monoisotopic (exact) mass is 697 g/mol. The van der Waals surface area contributed by atoms with Gasteiger partial charge in [0.1, 0.15) is 37.5 Å². The quantitative estimate of drug-likeness (QED) is 0.127. The van der Waals surface area contributed by atoms with E-state index in [9.17, 15) is 20.1 Å². The Bertz CT molecular complexity index is 2230. The van der Waals surface area contributed by atoms with Crippen LogP contribution in [0.1, 0.15) is 11.1 Å². The van der Waals surface area contributed by atoms with Crippen molar-refractivity contribution in [2.24, 2.45) is 0 Å². The average molecular weight is 698 g/mol. The van der Waals surface area contributed by atoms with Crippen molar-refractivity contribution in [2.45, 2.75) is 18.7 Å². The number of nitrogens with zero attached hydrogens (tertiary/aromatic N) is 2. The molecule has 0 unspecified atom stereocenters. The van der Waals surface area contributed by atoms with Crippen LogP contribution in [-0.4, -0.2) is 63.9 Å². The minimum atomic E-state index is -1.34. The number of aromatic nitrogens is 2. The highest BCUT2D eigenvalue weighted by molar-refractivity contribution is 6.32. The summed E-state index contributed by atoms with van der Waals surface area (Å²) in [5, 5.41) is 34.2. The zero-order chi connectivity index (χ0) is 34.7. The standard InChI is InChI=1S/C37H32ClN3O9/c38-28-13-25(16-41-37(18-42,19-43)20-44)30(48-17-22-4-5-23-7-9-34(45)49-31(23)12-22)15-32(28)50-36-27-3-1-2-26(35(27)39-21-40-36)24-6-8-29-33(14-24)47-11-10-46-29/h1-9,12-15,21,41-44H,10-11,16-20H2. The first-order valence-corrected chi connectivity index (χ1v) is 16.1. The van der Waals surface area contributed by atoms with Crippen molar-refractivity contribution in [1.29, 1.82) is 0 Å². The largest absolute Gasteiger partial charge is 0.488 e. The Kier molecular flexibility index (Phi) is 9.52. The SMILES string of the molecule is O=c1ccc2ccc(COc3cc(Oc4ncnc5c(-c6ccc7c(c6)OCCO7)cccc45)c(Cl)cc3CNC(CO)(CO)CO)cc2o1. The molecule has 3 heterocycles. The van der Waals surface area contributed by atoms with Gasteiger partial charge in [-0.25, -0.2) is 14.8 Å². The minimum Gasteiger partial charge on any atom is -0.488 e. The lowest BCUT2D eigenvalue weighted by Gasteiger charge is -2.29. The first kappa shape index (κ1) is 33.3. The number of fused-ring (bicyclic) bond motifs is 3. The summed E-state index contributed by atoms with van der Waals surface area (Å²) in [5.74, 6) is 2.22. The molecule has 13 heteroatoms. The summed E-state index contributed by atoms with van der Waals surface area (Å²) in [6.45, 7) is -0.409. The zero-order valence-electron chi connectivity index (χ0n) is 26.6. The highest BCUT2D eigenvalue weighted by atomic mass is 35.5. The topological polar surface area (TPSA) is 166 Å². The van der Waals surface area contributed by atoms with Crippen molar-refractivity contribution in [2.75, 3.05) is 33.0 Å². The van der Waals surface area contributed by atoms with Gasteiger partial charge in [-0.2, -0.15) is 0 Å². The molecule has 6 aromatic rings. The van der Waals surface area contributed by atoms with E-state index < -0.39 is 31.0 Å². The van der Waals surface area contributed by atoms with Gasteiger partial charge in [0.15, 0.2) is 17.2 Å². The van der Waals surface area contributed by atoms with Crippen molar-refractivity contribution in [3.8, 4) is 40.0 Å². The summed E-state index contributed by atoms with van der Waals surface area (Å²) in [5.41, 5.74) is 2.28. The molecule has 0 radical (unpaired) electrons. The number of aliphatic hydroxyl groups excluding tert-OH is 3. The predicted molar refractivity (Wildman–Crippen MR) is 185 cm³/mol. The van der Waals surface area contributed by atoms with Crippen LogP contribution in [0.15, 0.2) is 94.4 Å². The number of aliphatic hydroxyl groups is 3. The minimum absolute atomic E-state index is 0.0684. The molecular formula is C37H32ClN3O9. The molecule has 0 aliphatic carbocycles. The molecular weight excluding hydrogens is 666 g/mol. The molecule has 4 aromatic carbocycles. The molecule has 50 heavy (non-hydrogen) atoms. The van der Waals surface area contributed by atoms with Gasteiger partial charge in [-0.3, -0.25) is 0 Å². The number of hydrogen-bond donors (Lipinski definition) is 4. The lowest BCUT2D eigenvalue weighted by atomic mass is 10.0. The molecule has 0 atom stereocenters. The van der Waals surface area contributed by atoms with Crippen LogP contribution in [0.25, 0.3) is 33.0 Å². The third kappa shape index (κ3) is 6.79. The number of para-hydroxylation sites is 1. The van der Waals surface area contributed by atoms with Crippen LogP contribution >= 0.6 is 11.6 Å². The summed E-state index contributed by atoms with van der Waals surface area (Å²) in [4.78, 5) is 20.8. The molecule has 0 fully saturated rings. The van der Waals surface area contributed by atoms with Gasteiger partial charge in [0.05, 0.1) is 41.3 Å². The molecule has 4 N–H and O–H groups in total. The van der Waals surface area contributed by atoms with E-state index in [-0.39, 0.29) is 29.8 Å². The maximum absolute atomic E-state index is 11.8. The van der Waals surface area contributed by atoms with E-state index >= 15 is 0 Å². The van der Waals surface area contributed by atoms with Crippen LogP contribution in [0.2, 0.25) is 5.02 Å². The maximum atomic E-state index is 11.8. The molecule has 1 aliphatic rings. The summed E-state index contributed by atoms with van der Waals surface area (Å²) < 4.78 is 29.4. The number of nitrogens with one attached hydrogen (secondary N) is 1. The Labute approximate surface area is 290 Å². The van der Waals surface area contributed by atoms with E-state index in [0.29, 0.717) is 52.5 Å². The van der Waals surface area contributed by atoms with E-state index in [2.05, 4.69) is 15.3 Å². The van der Waals surface area contributed by atoms with E-state index in [1.54, 1.807) is 24.3 Å². The van der Waals surface area contributed by atoms with E-state index in [1.165, 1.54) is 12.4 Å². The second-order valence-electron chi connectivity index (χ2n) is 11.8. The Balaban J connectivity index is 1.22. The van der Waals surface area contributed by atoms with Crippen molar-refractivity contribution in [1.82, 2.24) is 15.3 Å². The molecule has 12 nitrogen and oxygen atoms in total. The van der Waals surface area contributed by atoms with Crippen molar-refractivity contribution in [3.05, 3.63) is 112 Å². The third-order valence-electron chi connectivity index (χ3n) is 8.45. The maximum Gasteiger partial charge on any atom is 0.336 e. The number of ether oxygens (including phenoxy) is 4. The van der Waals surface area contributed by atoms with Gasteiger partial charge in [0.2, 0.25) is 5.88 Å². The third-order valence-corrected chi connectivity index (χ3v) is 8.74. The molecule has 0 saturated heterocycles. The van der Waals surface area contributed by atoms with Gasteiger partial charge >= 0.3 is 5.63 Å². The summed E-state index contributed by atoms with van der Waals surface area (Å²) >= 11 is 6.78. The lowest BCUT2D eigenvalue weighted by molar-refractivity contribution is 0.0412. The fourth-order valence-corrected chi connectivity index (χ4v) is 5.80. The Hall–Kier alpha value is -5.24. The Morgan fingerprint density at radius 1 is 0.860 bits per heavy atom. The molecule has 0 amide bonds. The second kappa shape index (κ2) is 14.3. The number of benzene rings is 4. The van der Waals surface area contributed by atoms with E-state index in [1.807, 2.05) is 48.5 Å². The van der Waals surface area contributed by atoms with Gasteiger partial charge in [0.25, 0.3) is 0 Å². The van der Waals surface area contributed by atoms with Crippen LogP contribution < -0.4 is 29.9 Å². The first-order valence-electron chi connectivity index (χ1n) is 15.8. The van der Waals surface area contributed by atoms with Gasteiger partial charge < -0.3 is 44.0 Å². The van der Waals surface area contributed by atoms with Crippen LogP contribution in [-0.2, 0) is 13.2 Å². The highest BCUT2D eigenvalue weighted by Gasteiger charge is 2.28. The molecule has 7 rings (SSSR count). The predicted octanol–water partition coefficient (Wildman–Crippen LogP) is 5.00. The van der Waals surface area contributed by atoms with Crippen LogP contribution in [0, 0.1) is 0 Å². The van der Waals surface area contributed by atoms with Crippen molar-refractivity contribution < 1.29 is 38.7 Å². The van der Waals surface area contributed by atoms with Crippen LogP contribution in [0.3, 0.4) is 0 Å². The Morgan fingerprint density at radius 2 is 1.66 bits per heavy atom. The molecule has 2 aromatic heterocycles. The van der Waals surface area contributed by atoms with E-state index in [4.69, 9.17) is 35.0 Å². The smallest absolute Gasteiger partial charge is 0.336 e. The lowest BCUT2D eigenvalue weighted by Crippen LogP contribution is -2.54. The van der Waals surface area contributed by atoms with Gasteiger partial charge in [-0.05, 0) is 47.5 Å². The highest BCUT2D eigenvalue weighted by Crippen LogP contribution is 2.40. The number of hydrogen-bond acceptors (Lipinski definition) is 12. The van der Waals surface area contributed by atoms with Crippen LogP contribution in [0.4, 0.5) is 0 Å². The molecule has 0 saturated carbocycles. The van der Waals surface area contributed by atoms with Gasteiger partial charge in [-0.15, -0.1) is 0 Å². The van der Waals surface area contributed by atoms with Gasteiger partial charge in [0, 0.05) is 35.2 Å². The van der Waals surface area contributed by atoms with E-state index in [0.717, 1.165) is 22.1 Å². The van der Waals surface area contributed by atoms with Crippen molar-refractivity contribution in [3.63, 3.8) is 0 Å². The Morgan fingerprint density at radius 3 is 2.48 bits per heavy atom. The van der Waals surface area contributed by atoms with Crippen molar-refractivity contribution >= 4 is 33.5 Å². The number of rotatable bonds is 12. The second-order valence-corrected chi connectivity index (χ2v) is 12.2. The molecule has 0 bridgehead atoms. The molecule has 256 valence electrons. The van der Waals surface area contributed by atoms with Gasteiger partial charge in [-0.1, -0.05) is 41.9 Å². The summed E-state index contributed by atoms with van der Waals surface area (Å²) in [6.07, 6.45) is 1.42. The molecule has 1 aliphatic heterocycles. The first-order chi connectivity index (χ1) is 24.4. The normalized spacial score (nSPS) is 12.7. The zero-order valence-corrected chi connectivity index (χ0v) is 27.4.